The third kappa shape index (κ3) is 9.94. The number of anilines is 1. The molecule has 37 heavy (non-hydrogen) atoms. The highest BCUT2D eigenvalue weighted by atomic mass is 79.9. The van der Waals surface area contributed by atoms with Gasteiger partial charge in [0.25, 0.3) is 11.8 Å². The van der Waals surface area contributed by atoms with E-state index in [-0.39, 0.29) is 25.2 Å². The number of carbonyl (C=O) groups is 4. The zero-order valence-corrected chi connectivity index (χ0v) is 21.8. The molecule has 0 aliphatic heterocycles. The number of nitrogens with one attached hydrogen (secondary N) is 3. The number of carbonyl (C=O) groups excluding carboxylic acids is 4. The third-order valence-electron chi connectivity index (χ3n) is 4.76. The van der Waals surface area contributed by atoms with Crippen LogP contribution in [-0.4, -0.2) is 30.3 Å². The quantitative estimate of drug-likeness (QED) is 0.226. The van der Waals surface area contributed by atoms with Crippen LogP contribution < -0.4 is 20.9 Å². The molecule has 0 bridgehead atoms. The predicted octanol–water partition coefficient (Wildman–Crippen LogP) is 5.01. The summed E-state index contributed by atoms with van der Waals surface area (Å²) in [5, 5.41) is 3.35. The number of rotatable bonds is 10. The summed E-state index contributed by atoms with van der Waals surface area (Å²) in [6, 6.07) is 20.3. The van der Waals surface area contributed by atoms with Gasteiger partial charge < -0.3 is 14.8 Å². The molecule has 3 aromatic carbocycles. The molecular formula is C26H23BrClN3O6. The average molecular weight is 589 g/mol. The van der Waals surface area contributed by atoms with Crippen LogP contribution in [0.2, 0.25) is 5.02 Å². The highest BCUT2D eigenvalue weighted by Gasteiger charge is 2.11. The number of amides is 3. The van der Waals surface area contributed by atoms with Crippen molar-refractivity contribution < 1.29 is 28.7 Å². The van der Waals surface area contributed by atoms with Crippen molar-refractivity contribution in [1.29, 1.82) is 0 Å². The van der Waals surface area contributed by atoms with Crippen molar-refractivity contribution in [3.8, 4) is 11.5 Å². The highest BCUT2D eigenvalue weighted by Crippen LogP contribution is 2.24. The van der Waals surface area contributed by atoms with Gasteiger partial charge in [-0.25, -0.2) is 0 Å². The van der Waals surface area contributed by atoms with Gasteiger partial charge in [-0.05, 0) is 79.2 Å². The number of hydrazine groups is 1. The Morgan fingerprint density at radius 3 is 2.03 bits per heavy atom. The van der Waals surface area contributed by atoms with E-state index in [1.54, 1.807) is 72.8 Å². The molecule has 192 valence electrons. The molecule has 3 rings (SSSR count). The summed E-state index contributed by atoms with van der Waals surface area (Å²) in [7, 11) is 0. The van der Waals surface area contributed by atoms with E-state index in [1.807, 2.05) is 0 Å². The molecule has 0 atom stereocenters. The smallest absolute Gasteiger partial charge is 0.306 e. The van der Waals surface area contributed by atoms with Crippen molar-refractivity contribution in [2.75, 3.05) is 11.9 Å². The summed E-state index contributed by atoms with van der Waals surface area (Å²) >= 11 is 9.12. The Labute approximate surface area is 226 Å². The van der Waals surface area contributed by atoms with E-state index in [9.17, 15) is 19.2 Å². The fourth-order valence-corrected chi connectivity index (χ4v) is 3.31. The molecule has 0 fully saturated rings. The Balaban J connectivity index is 1.29. The average Bonchev–Trinajstić information content (AvgIpc) is 2.89. The van der Waals surface area contributed by atoms with Gasteiger partial charge >= 0.3 is 5.97 Å². The molecule has 0 aromatic heterocycles. The van der Waals surface area contributed by atoms with Gasteiger partial charge in [-0.3, -0.25) is 30.0 Å². The normalized spacial score (nSPS) is 10.2. The monoisotopic (exact) mass is 587 g/mol. The zero-order valence-electron chi connectivity index (χ0n) is 19.5. The van der Waals surface area contributed by atoms with E-state index in [0.29, 0.717) is 27.8 Å². The summed E-state index contributed by atoms with van der Waals surface area (Å²) in [5.41, 5.74) is 5.33. The molecule has 0 spiro atoms. The minimum atomic E-state index is -0.694. The van der Waals surface area contributed by atoms with Gasteiger partial charge in [0.05, 0.1) is 0 Å². The maximum absolute atomic E-state index is 12.1. The van der Waals surface area contributed by atoms with Crippen molar-refractivity contribution >= 4 is 56.9 Å². The Morgan fingerprint density at radius 2 is 1.38 bits per heavy atom. The van der Waals surface area contributed by atoms with E-state index in [4.69, 9.17) is 21.1 Å². The lowest BCUT2D eigenvalue weighted by Gasteiger charge is -2.09. The van der Waals surface area contributed by atoms with E-state index in [0.717, 1.165) is 4.47 Å². The number of hydrogen-bond acceptors (Lipinski definition) is 6. The first kappa shape index (κ1) is 27.7. The summed E-state index contributed by atoms with van der Waals surface area (Å²) in [4.78, 5) is 47.7. The summed E-state index contributed by atoms with van der Waals surface area (Å²) in [6.45, 7) is -0.559. The molecule has 0 radical (unpaired) electrons. The maximum atomic E-state index is 12.1. The van der Waals surface area contributed by atoms with Crippen LogP contribution >= 0.6 is 27.5 Å². The van der Waals surface area contributed by atoms with Crippen LogP contribution in [0.25, 0.3) is 0 Å². The van der Waals surface area contributed by atoms with Gasteiger partial charge in [-0.1, -0.05) is 27.5 Å². The molecule has 11 heteroatoms. The minimum absolute atomic E-state index is 0.0418. The van der Waals surface area contributed by atoms with Gasteiger partial charge in [0, 0.05) is 33.6 Å². The molecular weight excluding hydrogens is 566 g/mol. The summed E-state index contributed by atoms with van der Waals surface area (Å²) in [5.74, 6) is -0.878. The molecule has 0 saturated carbocycles. The van der Waals surface area contributed by atoms with Crippen LogP contribution in [0, 0.1) is 0 Å². The van der Waals surface area contributed by atoms with Gasteiger partial charge in [-0.15, -0.1) is 0 Å². The van der Waals surface area contributed by atoms with Crippen LogP contribution in [0.4, 0.5) is 5.69 Å². The largest absolute Gasteiger partial charge is 0.457 e. The molecule has 0 aliphatic carbocycles. The maximum Gasteiger partial charge on any atom is 0.306 e. The minimum Gasteiger partial charge on any atom is -0.457 e. The standard InChI is InChI=1S/C26H23BrClN3O6/c27-18-6-4-17(5-7-18)26(35)31-30-24(33)16-36-25(34)3-1-2-23(32)29-20-10-14-22(15-11-20)37-21-12-8-19(28)9-13-21/h4-15H,1-3,16H2,(H,29,32)(H,30,33)(H,31,35). The summed E-state index contributed by atoms with van der Waals surface area (Å²) in [6.07, 6.45) is 0.289. The van der Waals surface area contributed by atoms with Gasteiger partial charge in [0.15, 0.2) is 6.61 Å². The highest BCUT2D eigenvalue weighted by molar-refractivity contribution is 9.10. The lowest BCUT2D eigenvalue weighted by Crippen LogP contribution is -2.43. The Hall–Kier alpha value is -3.89. The molecule has 0 heterocycles. The van der Waals surface area contributed by atoms with Crippen LogP contribution in [-0.2, 0) is 19.1 Å². The molecule has 0 aliphatic rings. The molecule has 0 unspecified atom stereocenters. The van der Waals surface area contributed by atoms with Crippen molar-refractivity contribution in [1.82, 2.24) is 10.9 Å². The topological polar surface area (TPSA) is 123 Å². The van der Waals surface area contributed by atoms with E-state index >= 15 is 0 Å². The second kappa shape index (κ2) is 14.0. The summed E-state index contributed by atoms with van der Waals surface area (Å²) < 4.78 is 11.4. The number of ether oxygens (including phenoxy) is 2. The third-order valence-corrected chi connectivity index (χ3v) is 5.54. The van der Waals surface area contributed by atoms with Crippen molar-refractivity contribution in [2.45, 2.75) is 19.3 Å². The number of esters is 1. The molecule has 3 aromatic rings. The van der Waals surface area contributed by atoms with Crippen molar-refractivity contribution in [3.63, 3.8) is 0 Å². The molecule has 9 nitrogen and oxygen atoms in total. The van der Waals surface area contributed by atoms with Crippen LogP contribution in [0.15, 0.2) is 77.3 Å². The van der Waals surface area contributed by atoms with Crippen molar-refractivity contribution in [3.05, 3.63) is 87.9 Å². The lowest BCUT2D eigenvalue weighted by atomic mass is 10.2. The number of hydrogen-bond donors (Lipinski definition) is 3. The van der Waals surface area contributed by atoms with Gasteiger partial charge in [-0.2, -0.15) is 0 Å². The number of benzene rings is 3. The van der Waals surface area contributed by atoms with Crippen LogP contribution in [0.5, 0.6) is 11.5 Å². The first-order chi connectivity index (χ1) is 17.8. The zero-order chi connectivity index (χ0) is 26.6. The lowest BCUT2D eigenvalue weighted by molar-refractivity contribution is -0.148. The van der Waals surface area contributed by atoms with Crippen molar-refractivity contribution in [2.24, 2.45) is 0 Å². The molecule has 3 amide bonds. The van der Waals surface area contributed by atoms with E-state index in [2.05, 4.69) is 32.1 Å². The van der Waals surface area contributed by atoms with E-state index < -0.39 is 24.4 Å². The first-order valence-corrected chi connectivity index (χ1v) is 12.3. The van der Waals surface area contributed by atoms with E-state index in [1.165, 1.54) is 0 Å². The second-order valence-electron chi connectivity index (χ2n) is 7.65. The van der Waals surface area contributed by atoms with Gasteiger partial charge in [0.2, 0.25) is 5.91 Å². The fraction of sp³-hybridized carbons (Fsp3) is 0.154. The Kier molecular flexibility index (Phi) is 10.5. The predicted molar refractivity (Wildman–Crippen MR) is 141 cm³/mol. The Morgan fingerprint density at radius 1 is 0.757 bits per heavy atom. The molecule has 0 saturated heterocycles. The number of halogens is 2. The van der Waals surface area contributed by atoms with Crippen LogP contribution in [0.1, 0.15) is 29.6 Å². The second-order valence-corrected chi connectivity index (χ2v) is 9.00. The fourth-order valence-electron chi connectivity index (χ4n) is 2.92. The van der Waals surface area contributed by atoms with Crippen LogP contribution in [0.3, 0.4) is 0 Å². The molecule has 3 N–H and O–H groups in total. The Bertz CT molecular complexity index is 1230. The SMILES string of the molecule is O=C(COC(=O)CCCC(=O)Nc1ccc(Oc2ccc(Cl)cc2)cc1)NNC(=O)c1ccc(Br)cc1. The van der Waals surface area contributed by atoms with Gasteiger partial charge in [0.1, 0.15) is 11.5 Å². The first-order valence-electron chi connectivity index (χ1n) is 11.1.